The van der Waals surface area contributed by atoms with Gasteiger partial charge < -0.3 is 33.2 Å². The zero-order valence-electron chi connectivity index (χ0n) is 19.4. The fraction of sp³-hybridized carbons (Fsp3) is 0.750. The third kappa shape index (κ3) is 20.9. The van der Waals surface area contributed by atoms with Crippen molar-refractivity contribution in [1.29, 1.82) is 0 Å². The van der Waals surface area contributed by atoms with E-state index in [9.17, 15) is 0 Å². The van der Waals surface area contributed by atoms with Crippen molar-refractivity contribution in [1.82, 2.24) is 0 Å². The van der Waals surface area contributed by atoms with Crippen molar-refractivity contribution < 1.29 is 33.2 Å². The summed E-state index contributed by atoms with van der Waals surface area (Å²) in [6.45, 7) is 7.48. The molecule has 0 radical (unpaired) electrons. The summed E-state index contributed by atoms with van der Waals surface area (Å²) in [5.41, 5.74) is 0. The van der Waals surface area contributed by atoms with Crippen LogP contribution < -0.4 is 4.74 Å². The molecule has 32 heavy (non-hydrogen) atoms. The van der Waals surface area contributed by atoms with E-state index < -0.39 is 0 Å². The van der Waals surface area contributed by atoms with Gasteiger partial charge in [0, 0.05) is 12.5 Å². The van der Waals surface area contributed by atoms with Gasteiger partial charge in [-0.3, -0.25) is 0 Å². The normalized spacial score (nSPS) is 11.2. The number of unbranched alkanes of at least 4 members (excludes halogenated alkanes) is 3. The second kappa shape index (κ2) is 24.7. The molecule has 0 saturated heterocycles. The highest BCUT2D eigenvalue weighted by Crippen LogP contribution is 2.07. The van der Waals surface area contributed by atoms with Crippen LogP contribution in [0.25, 0.3) is 0 Å². The Hall–Kier alpha value is -0.930. The molecule has 1 aromatic carbocycles. The van der Waals surface area contributed by atoms with E-state index in [1.54, 1.807) is 0 Å². The zero-order chi connectivity index (χ0) is 22.8. The van der Waals surface area contributed by atoms with Gasteiger partial charge in [0.25, 0.3) is 0 Å². The average molecular weight is 477 g/mol. The fourth-order valence-corrected chi connectivity index (χ4v) is 2.78. The van der Waals surface area contributed by atoms with E-state index in [4.69, 9.17) is 44.8 Å². The zero-order valence-corrected chi connectivity index (χ0v) is 20.1. The van der Waals surface area contributed by atoms with Crippen molar-refractivity contribution in [2.24, 2.45) is 0 Å². The highest BCUT2D eigenvalue weighted by atomic mass is 35.5. The Morgan fingerprint density at radius 1 is 0.438 bits per heavy atom. The first-order valence-electron chi connectivity index (χ1n) is 11.6. The molecule has 0 N–H and O–H groups in total. The van der Waals surface area contributed by atoms with Crippen LogP contribution in [0.1, 0.15) is 25.7 Å². The third-order valence-electron chi connectivity index (χ3n) is 4.27. The molecule has 8 heteroatoms. The monoisotopic (exact) mass is 476 g/mol. The molecule has 0 aliphatic heterocycles. The van der Waals surface area contributed by atoms with E-state index in [0.717, 1.165) is 31.1 Å². The smallest absolute Gasteiger partial charge is 0.119 e. The Balaban J connectivity index is 1.64. The number of alkyl halides is 1. The van der Waals surface area contributed by atoms with Gasteiger partial charge in [0.2, 0.25) is 0 Å². The maximum absolute atomic E-state index is 5.64. The maximum atomic E-state index is 5.64. The van der Waals surface area contributed by atoms with Gasteiger partial charge in [-0.15, -0.1) is 11.6 Å². The number of ether oxygens (including phenoxy) is 7. The van der Waals surface area contributed by atoms with Gasteiger partial charge in [-0.2, -0.15) is 0 Å². The Morgan fingerprint density at radius 2 is 0.844 bits per heavy atom. The van der Waals surface area contributed by atoms with E-state index in [0.29, 0.717) is 79.3 Å². The van der Waals surface area contributed by atoms with Crippen LogP contribution in [0, 0.1) is 0 Å². The van der Waals surface area contributed by atoms with Gasteiger partial charge in [0.05, 0.1) is 72.7 Å². The van der Waals surface area contributed by atoms with Crippen molar-refractivity contribution >= 4 is 11.6 Å². The molecule has 7 nitrogen and oxygen atoms in total. The first-order valence-corrected chi connectivity index (χ1v) is 12.2. The second-order valence-electron chi connectivity index (χ2n) is 6.94. The highest BCUT2D eigenvalue weighted by Gasteiger charge is 1.95. The second-order valence-corrected chi connectivity index (χ2v) is 7.32. The summed E-state index contributed by atoms with van der Waals surface area (Å²) in [6.07, 6.45) is 4.53. The third-order valence-corrected chi connectivity index (χ3v) is 4.54. The maximum Gasteiger partial charge on any atom is 0.119 e. The molecule has 0 saturated carbocycles. The van der Waals surface area contributed by atoms with Crippen LogP contribution in [0.5, 0.6) is 5.75 Å². The van der Waals surface area contributed by atoms with Crippen LogP contribution in [0.15, 0.2) is 30.3 Å². The number of benzene rings is 1. The largest absolute Gasteiger partial charge is 0.491 e. The summed E-state index contributed by atoms with van der Waals surface area (Å²) in [5, 5.41) is 0. The molecule has 0 heterocycles. The van der Waals surface area contributed by atoms with Crippen molar-refractivity contribution in [3.8, 4) is 5.75 Å². The van der Waals surface area contributed by atoms with Crippen LogP contribution in [0.4, 0.5) is 0 Å². The minimum absolute atomic E-state index is 0.529. The predicted molar refractivity (Wildman–Crippen MR) is 126 cm³/mol. The van der Waals surface area contributed by atoms with Gasteiger partial charge in [0.1, 0.15) is 12.4 Å². The van der Waals surface area contributed by atoms with Gasteiger partial charge in [-0.05, 0) is 25.0 Å². The molecule has 0 aliphatic carbocycles. The first kappa shape index (κ1) is 29.1. The van der Waals surface area contributed by atoms with Crippen LogP contribution in [0.3, 0.4) is 0 Å². The Morgan fingerprint density at radius 3 is 1.31 bits per heavy atom. The SMILES string of the molecule is ClCCCCCCOCCOCCOCCOCCOCCOCCOc1ccccc1. The number of rotatable bonds is 25. The molecule has 0 bridgehead atoms. The molecule has 1 rings (SSSR count). The number of hydrogen-bond acceptors (Lipinski definition) is 7. The Bertz CT molecular complexity index is 479. The highest BCUT2D eigenvalue weighted by molar-refractivity contribution is 6.17. The number of para-hydroxylation sites is 1. The quantitative estimate of drug-likeness (QED) is 0.156. The van der Waals surface area contributed by atoms with Gasteiger partial charge in [0.15, 0.2) is 0 Å². The molecule has 0 aromatic heterocycles. The summed E-state index contributed by atoms with van der Waals surface area (Å²) in [4.78, 5) is 0. The van der Waals surface area contributed by atoms with Crippen LogP contribution >= 0.6 is 11.6 Å². The fourth-order valence-electron chi connectivity index (χ4n) is 2.59. The molecule has 0 fully saturated rings. The molecule has 186 valence electrons. The van der Waals surface area contributed by atoms with Crippen LogP contribution in [0.2, 0.25) is 0 Å². The Labute approximate surface area is 198 Å². The molecule has 1 aromatic rings. The minimum atomic E-state index is 0.529. The lowest BCUT2D eigenvalue weighted by Crippen LogP contribution is -2.14. The molecule has 0 spiro atoms. The molecule has 0 atom stereocenters. The van der Waals surface area contributed by atoms with Crippen molar-refractivity contribution in [3.05, 3.63) is 30.3 Å². The summed E-state index contributed by atoms with van der Waals surface area (Å²) >= 11 is 5.64. The van der Waals surface area contributed by atoms with Gasteiger partial charge in [-0.25, -0.2) is 0 Å². The van der Waals surface area contributed by atoms with Gasteiger partial charge in [-0.1, -0.05) is 31.0 Å². The van der Waals surface area contributed by atoms with Crippen molar-refractivity contribution in [2.45, 2.75) is 25.7 Å². The number of hydrogen-bond donors (Lipinski definition) is 0. The lowest BCUT2D eigenvalue weighted by molar-refractivity contribution is -0.0179. The molecular weight excluding hydrogens is 436 g/mol. The molecule has 0 amide bonds. The summed E-state index contributed by atoms with van der Waals surface area (Å²) in [7, 11) is 0. The van der Waals surface area contributed by atoms with E-state index >= 15 is 0 Å². The molecular formula is C24H41ClO7. The van der Waals surface area contributed by atoms with E-state index in [-0.39, 0.29) is 0 Å². The van der Waals surface area contributed by atoms with Crippen LogP contribution in [-0.4, -0.2) is 91.8 Å². The number of halogens is 1. The van der Waals surface area contributed by atoms with Crippen molar-refractivity contribution in [2.75, 3.05) is 91.8 Å². The van der Waals surface area contributed by atoms with Gasteiger partial charge >= 0.3 is 0 Å². The van der Waals surface area contributed by atoms with E-state index in [2.05, 4.69) is 0 Å². The van der Waals surface area contributed by atoms with E-state index in [1.165, 1.54) is 12.8 Å². The lowest BCUT2D eigenvalue weighted by atomic mass is 10.2. The topological polar surface area (TPSA) is 64.6 Å². The summed E-state index contributed by atoms with van der Waals surface area (Å²) < 4.78 is 38.3. The van der Waals surface area contributed by atoms with Crippen molar-refractivity contribution in [3.63, 3.8) is 0 Å². The average Bonchev–Trinajstić information content (AvgIpc) is 2.82. The predicted octanol–water partition coefficient (Wildman–Crippen LogP) is 3.96. The summed E-state index contributed by atoms with van der Waals surface area (Å²) in [6, 6.07) is 9.69. The molecule has 0 unspecified atom stereocenters. The first-order chi connectivity index (χ1) is 15.9. The van der Waals surface area contributed by atoms with Crippen LogP contribution in [-0.2, 0) is 28.4 Å². The Kier molecular flexibility index (Phi) is 22.5. The van der Waals surface area contributed by atoms with E-state index in [1.807, 2.05) is 30.3 Å². The lowest BCUT2D eigenvalue weighted by Gasteiger charge is -2.09. The standard InChI is InChI=1S/C24H41ClO7/c25-10-6-1-2-7-11-26-12-13-27-14-15-28-16-17-29-18-19-30-20-21-31-22-23-32-24-8-4-3-5-9-24/h3-5,8-9H,1-2,6-7,10-23H2. The summed E-state index contributed by atoms with van der Waals surface area (Å²) in [5.74, 6) is 1.60. The molecule has 0 aliphatic rings. The minimum Gasteiger partial charge on any atom is -0.491 e.